The van der Waals surface area contributed by atoms with E-state index in [0.29, 0.717) is 28.0 Å². The summed E-state index contributed by atoms with van der Waals surface area (Å²) in [5.41, 5.74) is 3.94. The van der Waals surface area contributed by atoms with Gasteiger partial charge < -0.3 is 14.5 Å². The minimum atomic E-state index is -0.462. The van der Waals surface area contributed by atoms with Gasteiger partial charge in [0, 0.05) is 5.56 Å². The van der Waals surface area contributed by atoms with Crippen LogP contribution in [0.2, 0.25) is 0 Å². The van der Waals surface area contributed by atoms with E-state index in [9.17, 15) is 9.59 Å². The Bertz CT molecular complexity index is 1380. The van der Waals surface area contributed by atoms with Crippen LogP contribution in [0.15, 0.2) is 77.6 Å². The fourth-order valence-electron chi connectivity index (χ4n) is 3.13. The molecule has 0 radical (unpaired) electrons. The first-order chi connectivity index (χ1) is 15.1. The number of aromatic amines is 1. The summed E-state index contributed by atoms with van der Waals surface area (Å²) in [7, 11) is 1.58. The van der Waals surface area contributed by atoms with Crippen LogP contribution in [0.1, 0.15) is 15.9 Å². The predicted octanol–water partition coefficient (Wildman–Crippen LogP) is 4.03. The number of rotatable bonds is 6. The number of nitrogens with zero attached hydrogens (tertiary/aromatic N) is 1. The molecule has 2 N–H and O–H groups in total. The quantitative estimate of drug-likeness (QED) is 0.449. The Kier molecular flexibility index (Phi) is 5.81. The molecule has 1 heterocycles. The largest absolute Gasteiger partial charge is 0.493 e. The normalized spacial score (nSPS) is 10.6. The highest BCUT2D eigenvalue weighted by molar-refractivity contribution is 7.71. The molecule has 3 aromatic carbocycles. The average Bonchev–Trinajstić information content (AvgIpc) is 2.80. The smallest absolute Gasteiger partial charge is 0.281 e. The molecule has 0 saturated carbocycles. The number of aromatic nitrogens is 2. The number of methoxy groups -OCH3 is 1. The first-order valence-corrected chi connectivity index (χ1v) is 9.88. The molecule has 8 heteroatoms. The number of ether oxygens (including phenoxy) is 2. The number of carbonyl (C=O) groups is 1. The predicted molar refractivity (Wildman–Crippen MR) is 121 cm³/mol. The molecule has 4 rings (SSSR count). The highest BCUT2D eigenvalue weighted by Crippen LogP contribution is 2.26. The van der Waals surface area contributed by atoms with Crippen molar-refractivity contribution in [1.82, 2.24) is 9.66 Å². The maximum atomic E-state index is 12.8. The van der Waals surface area contributed by atoms with E-state index in [0.717, 1.165) is 10.2 Å². The lowest BCUT2D eigenvalue weighted by molar-refractivity contribution is 0.101. The highest BCUT2D eigenvalue weighted by atomic mass is 32.1. The number of benzene rings is 3. The summed E-state index contributed by atoms with van der Waals surface area (Å²) in [6, 6.07) is 21.2. The molecule has 0 aliphatic heterocycles. The van der Waals surface area contributed by atoms with Gasteiger partial charge in [-0.25, -0.2) is 0 Å². The lowest BCUT2D eigenvalue weighted by Gasteiger charge is -2.12. The number of H-pyrrole nitrogens is 1. The zero-order chi connectivity index (χ0) is 21.8. The van der Waals surface area contributed by atoms with Crippen LogP contribution in [0.3, 0.4) is 0 Å². The van der Waals surface area contributed by atoms with Crippen LogP contribution in [0, 0.1) is 4.77 Å². The summed E-state index contributed by atoms with van der Waals surface area (Å²) in [6.07, 6.45) is 0. The van der Waals surface area contributed by atoms with Crippen LogP contribution in [-0.4, -0.2) is 22.7 Å². The highest BCUT2D eigenvalue weighted by Gasteiger charge is 2.11. The van der Waals surface area contributed by atoms with Crippen LogP contribution in [0.5, 0.6) is 11.5 Å². The SMILES string of the molecule is COc1ccccc1OCc1cccc(C(=O)Nn2c(=S)[nH]c3ccccc3c2=O)c1. The molecule has 4 aromatic rings. The number of hydrogen-bond donors (Lipinski definition) is 2. The standard InChI is InChI=1S/C23H19N3O4S/c1-29-19-11-4-5-12-20(19)30-14-15-7-6-8-16(13-15)21(27)25-26-22(28)17-9-2-3-10-18(17)24-23(26)31/h2-13H,14H2,1H3,(H,24,31)(H,25,27). The third-order valence-electron chi connectivity index (χ3n) is 4.67. The first-order valence-electron chi connectivity index (χ1n) is 9.47. The molecule has 0 aliphatic rings. The van der Waals surface area contributed by atoms with Gasteiger partial charge in [0.05, 0.1) is 18.0 Å². The second-order valence-electron chi connectivity index (χ2n) is 6.70. The number of fused-ring (bicyclic) bond motifs is 1. The second kappa shape index (κ2) is 8.85. The van der Waals surface area contributed by atoms with E-state index in [2.05, 4.69) is 10.4 Å². The minimum absolute atomic E-state index is 0.104. The first kappa shape index (κ1) is 20.4. The fraction of sp³-hybridized carbons (Fsp3) is 0.0870. The maximum absolute atomic E-state index is 12.8. The van der Waals surface area contributed by atoms with E-state index in [4.69, 9.17) is 21.7 Å². The van der Waals surface area contributed by atoms with Gasteiger partial charge in [-0.2, -0.15) is 4.68 Å². The molecule has 0 bridgehead atoms. The van der Waals surface area contributed by atoms with E-state index in [-0.39, 0.29) is 11.4 Å². The van der Waals surface area contributed by atoms with Crippen molar-refractivity contribution in [3.8, 4) is 11.5 Å². The van der Waals surface area contributed by atoms with Crippen LogP contribution in [-0.2, 0) is 6.61 Å². The van der Waals surface area contributed by atoms with Crippen molar-refractivity contribution in [3.05, 3.63) is 99.0 Å². The molecule has 7 nitrogen and oxygen atoms in total. The van der Waals surface area contributed by atoms with Crippen LogP contribution in [0.4, 0.5) is 0 Å². The Morgan fingerprint density at radius 3 is 2.58 bits per heavy atom. The van der Waals surface area contributed by atoms with Crippen molar-refractivity contribution in [2.45, 2.75) is 6.61 Å². The fourth-order valence-corrected chi connectivity index (χ4v) is 3.37. The lowest BCUT2D eigenvalue weighted by Crippen LogP contribution is -2.34. The van der Waals surface area contributed by atoms with Gasteiger partial charge in [-0.05, 0) is 54.2 Å². The molecular formula is C23H19N3O4S. The molecule has 31 heavy (non-hydrogen) atoms. The van der Waals surface area contributed by atoms with Crippen molar-refractivity contribution >= 4 is 29.0 Å². The number of nitrogens with one attached hydrogen (secondary N) is 2. The topological polar surface area (TPSA) is 85.3 Å². The Hall–Kier alpha value is -3.91. The zero-order valence-electron chi connectivity index (χ0n) is 16.6. The van der Waals surface area contributed by atoms with Crippen LogP contribution in [0.25, 0.3) is 10.9 Å². The molecule has 0 atom stereocenters. The molecule has 0 aliphatic carbocycles. The Morgan fingerprint density at radius 1 is 1.03 bits per heavy atom. The zero-order valence-corrected chi connectivity index (χ0v) is 17.4. The minimum Gasteiger partial charge on any atom is -0.493 e. The Labute approximate surface area is 182 Å². The van der Waals surface area contributed by atoms with Crippen molar-refractivity contribution in [2.75, 3.05) is 12.5 Å². The van der Waals surface area contributed by atoms with Gasteiger partial charge in [0.2, 0.25) is 0 Å². The summed E-state index contributed by atoms with van der Waals surface area (Å²) in [5, 5.41) is 0.426. The average molecular weight is 433 g/mol. The molecular weight excluding hydrogens is 414 g/mol. The van der Waals surface area contributed by atoms with E-state index in [1.807, 2.05) is 30.3 Å². The third-order valence-corrected chi connectivity index (χ3v) is 4.96. The van der Waals surface area contributed by atoms with E-state index < -0.39 is 11.5 Å². The summed E-state index contributed by atoms with van der Waals surface area (Å²) < 4.78 is 12.2. The summed E-state index contributed by atoms with van der Waals surface area (Å²) in [5.74, 6) is 0.770. The molecule has 0 unspecified atom stereocenters. The number of amides is 1. The molecule has 156 valence electrons. The number of carbonyl (C=O) groups excluding carboxylic acids is 1. The van der Waals surface area contributed by atoms with Gasteiger partial charge in [0.25, 0.3) is 11.5 Å². The third kappa shape index (κ3) is 4.34. The molecule has 0 saturated heterocycles. The van der Waals surface area contributed by atoms with Gasteiger partial charge >= 0.3 is 0 Å². The van der Waals surface area contributed by atoms with Crippen LogP contribution < -0.4 is 20.5 Å². The number of hydrogen-bond acceptors (Lipinski definition) is 5. The summed E-state index contributed by atoms with van der Waals surface area (Å²) >= 11 is 5.24. The van der Waals surface area contributed by atoms with Crippen molar-refractivity contribution in [1.29, 1.82) is 0 Å². The van der Waals surface area contributed by atoms with Crippen molar-refractivity contribution in [2.24, 2.45) is 0 Å². The summed E-state index contributed by atoms with van der Waals surface area (Å²) in [4.78, 5) is 28.5. The van der Waals surface area contributed by atoms with Gasteiger partial charge in [-0.1, -0.05) is 36.4 Å². The Balaban J connectivity index is 1.54. The van der Waals surface area contributed by atoms with Gasteiger partial charge in [0.1, 0.15) is 6.61 Å². The van der Waals surface area contributed by atoms with Crippen LogP contribution >= 0.6 is 12.2 Å². The molecule has 1 amide bonds. The van der Waals surface area contributed by atoms with E-state index >= 15 is 0 Å². The van der Waals surface area contributed by atoms with Gasteiger partial charge in [-0.15, -0.1) is 0 Å². The van der Waals surface area contributed by atoms with Crippen molar-refractivity contribution in [3.63, 3.8) is 0 Å². The monoisotopic (exact) mass is 433 g/mol. The molecule has 0 fully saturated rings. The second-order valence-corrected chi connectivity index (χ2v) is 7.08. The van der Waals surface area contributed by atoms with Gasteiger partial charge in [-0.3, -0.25) is 15.0 Å². The maximum Gasteiger partial charge on any atom is 0.281 e. The van der Waals surface area contributed by atoms with E-state index in [1.165, 1.54) is 0 Å². The number of para-hydroxylation sites is 3. The molecule has 0 spiro atoms. The summed E-state index contributed by atoms with van der Waals surface area (Å²) in [6.45, 7) is 0.248. The van der Waals surface area contributed by atoms with E-state index in [1.54, 1.807) is 49.6 Å². The Morgan fingerprint density at radius 2 is 1.77 bits per heavy atom. The van der Waals surface area contributed by atoms with Gasteiger partial charge in [0.15, 0.2) is 16.3 Å². The molecule has 1 aromatic heterocycles. The van der Waals surface area contributed by atoms with Crippen molar-refractivity contribution < 1.29 is 14.3 Å². The lowest BCUT2D eigenvalue weighted by atomic mass is 10.1.